The minimum Gasteiger partial charge on any atom is -0.453 e. The van der Waals surface area contributed by atoms with Crippen LogP contribution in [0.3, 0.4) is 0 Å². The first-order chi connectivity index (χ1) is 29.6. The van der Waals surface area contributed by atoms with Gasteiger partial charge in [-0.05, 0) is 75.9 Å². The molecule has 1 saturated heterocycles. The second kappa shape index (κ2) is 18.7. The molecule has 3 unspecified atom stereocenters. The number of aromatic amines is 1. The summed E-state index contributed by atoms with van der Waals surface area (Å²) in [6, 6.07) is 12.8. The molecule has 336 valence electrons. The number of alkyl halides is 3. The molecular weight excluding hydrogens is 845 g/mol. The number of carbonyl (C=O) groups is 4. The smallest absolute Gasteiger partial charge is 0.453 e. The third-order valence-corrected chi connectivity index (χ3v) is 10.7. The molecule has 2 N–H and O–H groups in total. The van der Waals surface area contributed by atoms with Crippen LogP contribution in [0.25, 0.3) is 22.4 Å². The topological polar surface area (TPSA) is 163 Å². The van der Waals surface area contributed by atoms with Crippen LogP contribution in [0.2, 0.25) is 5.02 Å². The summed E-state index contributed by atoms with van der Waals surface area (Å²) < 4.78 is 51.5. The van der Waals surface area contributed by atoms with Gasteiger partial charge in [-0.2, -0.15) is 9.90 Å². The molecule has 4 heterocycles. The summed E-state index contributed by atoms with van der Waals surface area (Å²) in [4.78, 5) is 73.6. The number of benzene rings is 2. The Balaban J connectivity index is 1.15. The van der Waals surface area contributed by atoms with Crippen molar-refractivity contribution < 1.29 is 46.7 Å². The van der Waals surface area contributed by atoms with E-state index >= 15 is 0 Å². The number of halogens is 4. The predicted molar refractivity (Wildman–Crippen MR) is 230 cm³/mol. The van der Waals surface area contributed by atoms with Crippen molar-refractivity contribution in [2.75, 3.05) is 43.3 Å². The van der Waals surface area contributed by atoms with Gasteiger partial charge in [0, 0.05) is 50.2 Å². The zero-order valence-electron chi connectivity index (χ0n) is 36.1. The van der Waals surface area contributed by atoms with Crippen molar-refractivity contribution in [3.63, 3.8) is 0 Å². The number of amides is 4. The number of methoxy groups -OCH3 is 1. The Morgan fingerprint density at radius 3 is 2.25 bits per heavy atom. The minimum atomic E-state index is -5.24. The van der Waals surface area contributed by atoms with Crippen LogP contribution in [0.4, 0.5) is 34.3 Å². The summed E-state index contributed by atoms with van der Waals surface area (Å²) in [6.07, 6.45) is -1.55. The number of rotatable bonds is 10. The standard InChI is InChI=1S/C44H50ClF3N8O7/c1-25(2)37(52-41(59)61-8)40(58)55-23-26(3)19-35(55)38-50-22-33(51-38)29-11-9-28(10-12-29)30-13-15-34(32(45)20-30)56(63-44(46,47)48)39(57)31-14-16-36(49-21-31)54-18-17-53(24-27(54)4)42(60)62-43(5,6)7/h9-16,19-22,25,27,35,37H,17-18,23-24H2,1-8H3,(H,50,51)(H,52,59). The van der Waals surface area contributed by atoms with Gasteiger partial charge in [-0.1, -0.05) is 67.4 Å². The second-order valence-electron chi connectivity index (χ2n) is 16.7. The number of piperazine rings is 1. The van der Waals surface area contributed by atoms with Crippen LogP contribution < -0.4 is 15.3 Å². The molecule has 2 aliphatic heterocycles. The average Bonchev–Trinajstić information content (AvgIpc) is 3.87. The van der Waals surface area contributed by atoms with Gasteiger partial charge in [0.1, 0.15) is 29.3 Å². The van der Waals surface area contributed by atoms with E-state index in [4.69, 9.17) is 26.1 Å². The van der Waals surface area contributed by atoms with Gasteiger partial charge in [-0.3, -0.25) is 9.59 Å². The number of H-pyrrole nitrogens is 1. The Morgan fingerprint density at radius 2 is 1.67 bits per heavy atom. The van der Waals surface area contributed by atoms with Gasteiger partial charge in [-0.15, -0.1) is 13.2 Å². The van der Waals surface area contributed by atoms with Crippen molar-refractivity contribution in [1.29, 1.82) is 0 Å². The van der Waals surface area contributed by atoms with Crippen molar-refractivity contribution in [3.8, 4) is 22.4 Å². The summed E-state index contributed by atoms with van der Waals surface area (Å²) in [5.41, 5.74) is 2.34. The van der Waals surface area contributed by atoms with E-state index in [9.17, 15) is 32.3 Å². The Hall–Kier alpha value is -6.14. The number of hydrogen-bond acceptors (Lipinski definition) is 10. The number of nitrogens with zero attached hydrogens (tertiary/aromatic N) is 6. The van der Waals surface area contributed by atoms with E-state index in [-0.39, 0.29) is 39.2 Å². The third kappa shape index (κ3) is 11.1. The molecule has 2 aromatic heterocycles. The second-order valence-corrected chi connectivity index (χ2v) is 17.1. The molecule has 15 nitrogen and oxygen atoms in total. The predicted octanol–water partition coefficient (Wildman–Crippen LogP) is 8.55. The van der Waals surface area contributed by atoms with Gasteiger partial charge in [0.05, 0.1) is 29.1 Å². The van der Waals surface area contributed by atoms with Crippen molar-refractivity contribution in [2.24, 2.45) is 5.92 Å². The van der Waals surface area contributed by atoms with Crippen LogP contribution in [0.5, 0.6) is 0 Å². The summed E-state index contributed by atoms with van der Waals surface area (Å²) in [7, 11) is 1.24. The number of anilines is 2. The average molecular weight is 895 g/mol. The highest BCUT2D eigenvalue weighted by atomic mass is 35.5. The number of hydrogen-bond donors (Lipinski definition) is 2. The number of pyridine rings is 1. The first-order valence-electron chi connectivity index (χ1n) is 20.2. The fourth-order valence-electron chi connectivity index (χ4n) is 7.31. The maximum atomic E-state index is 13.8. The molecule has 3 atom stereocenters. The van der Waals surface area contributed by atoms with E-state index in [2.05, 4.69) is 20.1 Å². The van der Waals surface area contributed by atoms with Gasteiger partial charge < -0.3 is 34.5 Å². The molecular formula is C44H50ClF3N8O7. The van der Waals surface area contributed by atoms with Gasteiger partial charge >= 0.3 is 18.5 Å². The van der Waals surface area contributed by atoms with Gasteiger partial charge in [0.25, 0.3) is 5.91 Å². The highest BCUT2D eigenvalue weighted by molar-refractivity contribution is 6.34. The van der Waals surface area contributed by atoms with E-state index in [1.165, 1.54) is 37.4 Å². The van der Waals surface area contributed by atoms with E-state index in [1.807, 2.05) is 50.8 Å². The number of ether oxygens (including phenoxy) is 2. The Bertz CT molecular complexity index is 2350. The molecule has 63 heavy (non-hydrogen) atoms. The number of nitrogens with one attached hydrogen (secondary N) is 2. The molecule has 0 saturated carbocycles. The van der Waals surface area contributed by atoms with Crippen molar-refractivity contribution in [3.05, 3.63) is 95.1 Å². The number of hydroxylamine groups is 1. The Kier molecular flexibility index (Phi) is 13.7. The van der Waals surface area contributed by atoms with Gasteiger partial charge in [-0.25, -0.2) is 19.6 Å². The number of imidazole rings is 1. The zero-order chi connectivity index (χ0) is 46.0. The van der Waals surface area contributed by atoms with Crippen molar-refractivity contribution in [1.82, 2.24) is 30.1 Å². The summed E-state index contributed by atoms with van der Waals surface area (Å²) in [5, 5.41) is 2.54. The Morgan fingerprint density at radius 1 is 0.984 bits per heavy atom. The highest BCUT2D eigenvalue weighted by Gasteiger charge is 2.39. The number of alkyl carbamates (subject to hydrolysis) is 1. The van der Waals surface area contributed by atoms with Crippen LogP contribution in [0.1, 0.15) is 70.7 Å². The fourth-order valence-corrected chi connectivity index (χ4v) is 7.57. The molecule has 0 aliphatic carbocycles. The molecule has 2 aliphatic rings. The van der Waals surface area contributed by atoms with Gasteiger partial charge in [0.2, 0.25) is 5.91 Å². The van der Waals surface area contributed by atoms with Crippen molar-refractivity contribution >= 4 is 47.1 Å². The molecule has 0 spiro atoms. The van der Waals surface area contributed by atoms with E-state index < -0.39 is 42.1 Å². The molecule has 4 aromatic rings. The lowest BCUT2D eigenvalue weighted by Gasteiger charge is -2.40. The van der Waals surface area contributed by atoms with E-state index in [0.29, 0.717) is 54.6 Å². The fraction of sp³-hybridized carbons (Fsp3) is 0.409. The number of carbonyl (C=O) groups excluding carboxylic acids is 4. The lowest BCUT2D eigenvalue weighted by Crippen LogP contribution is -2.54. The third-order valence-electron chi connectivity index (χ3n) is 10.4. The first kappa shape index (κ1) is 46.4. The molecule has 0 bridgehead atoms. The molecule has 6 rings (SSSR count). The molecule has 19 heteroatoms. The zero-order valence-corrected chi connectivity index (χ0v) is 36.9. The first-order valence-corrected chi connectivity index (χ1v) is 20.6. The SMILES string of the molecule is COC(=O)NC(C(=O)N1CC(C)=CC1c1nc(-c2ccc(-c3ccc(N(OC(F)(F)F)C(=O)c4ccc(N5CCN(C(=O)OC(C)(C)C)CC5C)nc4)c(Cl)c3)cc2)c[nH]1)C(C)C. The summed E-state index contributed by atoms with van der Waals surface area (Å²) >= 11 is 6.58. The van der Waals surface area contributed by atoms with Crippen LogP contribution in [-0.4, -0.2) is 106 Å². The minimum absolute atomic E-state index is 0.0949. The molecule has 4 amide bonds. The lowest BCUT2D eigenvalue weighted by atomic mass is 10.0. The Labute approximate surface area is 368 Å². The normalized spacial score (nSPS) is 17.3. The summed E-state index contributed by atoms with van der Waals surface area (Å²) in [5.74, 6) is -0.635. The number of aromatic nitrogens is 3. The quantitative estimate of drug-likeness (QED) is 0.117. The highest BCUT2D eigenvalue weighted by Crippen LogP contribution is 2.36. The van der Waals surface area contributed by atoms with Crippen molar-refractivity contribution in [2.45, 2.75) is 78.6 Å². The van der Waals surface area contributed by atoms with Crippen LogP contribution in [-0.2, 0) is 19.1 Å². The molecule has 2 aromatic carbocycles. The van der Waals surface area contributed by atoms with Crippen LogP contribution in [0.15, 0.2) is 78.6 Å². The maximum absolute atomic E-state index is 13.8. The summed E-state index contributed by atoms with van der Waals surface area (Å²) in [6.45, 7) is 14.3. The van der Waals surface area contributed by atoms with Crippen LogP contribution in [0, 0.1) is 5.92 Å². The van der Waals surface area contributed by atoms with Gasteiger partial charge in [0.15, 0.2) is 0 Å². The monoisotopic (exact) mass is 894 g/mol. The molecule has 1 fully saturated rings. The molecule has 0 radical (unpaired) electrons. The lowest BCUT2D eigenvalue weighted by molar-refractivity contribution is -0.325. The maximum Gasteiger partial charge on any atom is 0.544 e. The van der Waals surface area contributed by atoms with E-state index in [1.54, 1.807) is 48.9 Å². The largest absolute Gasteiger partial charge is 0.544 e. The van der Waals surface area contributed by atoms with Crippen LogP contribution >= 0.6 is 11.6 Å². The van der Waals surface area contributed by atoms with E-state index in [0.717, 1.165) is 17.3 Å².